The fraction of sp³-hybridized carbons (Fsp3) is 0.250. The number of ketones is 1. The Kier molecular flexibility index (Phi) is 6.11. The van der Waals surface area contributed by atoms with E-state index in [9.17, 15) is 14.4 Å². The molecule has 3 rings (SSSR count). The number of Topliss-reactive ketones (excluding diaryl/α,β-unsaturated/α-hetero) is 1. The summed E-state index contributed by atoms with van der Waals surface area (Å²) >= 11 is 0. The molecule has 0 spiro atoms. The van der Waals surface area contributed by atoms with Gasteiger partial charge in [0, 0.05) is 17.3 Å². The molecule has 0 saturated heterocycles. The number of amides is 1. The van der Waals surface area contributed by atoms with Gasteiger partial charge in [0.25, 0.3) is 5.91 Å². The Morgan fingerprint density at radius 3 is 2.57 bits per heavy atom. The van der Waals surface area contributed by atoms with Gasteiger partial charge in [-0.3, -0.25) is 9.59 Å². The van der Waals surface area contributed by atoms with Gasteiger partial charge >= 0.3 is 5.97 Å². The molecule has 1 amide bonds. The van der Waals surface area contributed by atoms with Crippen LogP contribution >= 0.6 is 0 Å². The zero-order chi connectivity index (χ0) is 19.9. The molecule has 8 heteroatoms. The third-order valence-corrected chi connectivity index (χ3v) is 3.79. The Hall–Kier alpha value is -3.55. The third-order valence-electron chi connectivity index (χ3n) is 3.79. The zero-order valence-electron chi connectivity index (χ0n) is 15.2. The van der Waals surface area contributed by atoms with E-state index in [1.165, 1.54) is 13.0 Å². The van der Waals surface area contributed by atoms with Crippen LogP contribution in [0.25, 0.3) is 0 Å². The number of anilines is 1. The van der Waals surface area contributed by atoms with Crippen LogP contribution in [0.5, 0.6) is 17.2 Å². The van der Waals surface area contributed by atoms with E-state index < -0.39 is 18.5 Å². The molecule has 1 aliphatic heterocycles. The summed E-state index contributed by atoms with van der Waals surface area (Å²) in [4.78, 5) is 35.0. The van der Waals surface area contributed by atoms with Crippen LogP contribution in [0.1, 0.15) is 17.3 Å². The average Bonchev–Trinajstić information content (AvgIpc) is 2.71. The largest absolute Gasteiger partial charge is 0.486 e. The summed E-state index contributed by atoms with van der Waals surface area (Å²) in [6.45, 7) is 1.53. The van der Waals surface area contributed by atoms with E-state index >= 15 is 0 Å². The van der Waals surface area contributed by atoms with Gasteiger partial charge in [0.15, 0.2) is 30.5 Å². The van der Waals surface area contributed by atoms with Crippen molar-refractivity contribution in [2.24, 2.45) is 0 Å². The highest BCUT2D eigenvalue weighted by molar-refractivity contribution is 5.94. The lowest BCUT2D eigenvalue weighted by Crippen LogP contribution is -2.24. The van der Waals surface area contributed by atoms with E-state index in [2.05, 4.69) is 5.32 Å². The highest BCUT2D eigenvalue weighted by Gasteiger charge is 2.14. The molecule has 1 aliphatic rings. The minimum atomic E-state index is -0.703. The summed E-state index contributed by atoms with van der Waals surface area (Å²) < 4.78 is 21.0. The molecule has 0 bridgehead atoms. The summed E-state index contributed by atoms with van der Waals surface area (Å²) in [6.07, 6.45) is 0. The molecule has 28 heavy (non-hydrogen) atoms. The number of nitrogens with one attached hydrogen (secondary N) is 1. The second kappa shape index (κ2) is 8.90. The van der Waals surface area contributed by atoms with Crippen LogP contribution in [-0.2, 0) is 14.3 Å². The van der Waals surface area contributed by atoms with Crippen LogP contribution in [0.2, 0.25) is 0 Å². The predicted octanol–water partition coefficient (Wildman–Crippen LogP) is 2.22. The number of rotatable bonds is 7. The van der Waals surface area contributed by atoms with Crippen LogP contribution in [0.15, 0.2) is 42.5 Å². The van der Waals surface area contributed by atoms with Crippen molar-refractivity contribution < 1.29 is 33.3 Å². The first-order chi connectivity index (χ1) is 13.5. The molecule has 0 aromatic heterocycles. The molecule has 0 radical (unpaired) electrons. The summed E-state index contributed by atoms with van der Waals surface area (Å²) in [5.41, 5.74) is 0.979. The Labute approximate surface area is 161 Å². The van der Waals surface area contributed by atoms with Crippen molar-refractivity contribution >= 4 is 23.3 Å². The Bertz CT molecular complexity index is 894. The van der Waals surface area contributed by atoms with Crippen LogP contribution in [0.3, 0.4) is 0 Å². The van der Waals surface area contributed by atoms with Gasteiger partial charge in [0.2, 0.25) is 0 Å². The minimum Gasteiger partial charge on any atom is -0.486 e. The third kappa shape index (κ3) is 5.23. The molecule has 0 saturated carbocycles. The first kappa shape index (κ1) is 19.2. The van der Waals surface area contributed by atoms with Crippen molar-refractivity contribution in [3.05, 3.63) is 48.0 Å². The van der Waals surface area contributed by atoms with Gasteiger partial charge < -0.3 is 24.3 Å². The van der Waals surface area contributed by atoms with Crippen LogP contribution in [-0.4, -0.2) is 44.1 Å². The lowest BCUT2D eigenvalue weighted by Gasteiger charge is -2.19. The fourth-order valence-electron chi connectivity index (χ4n) is 2.45. The molecule has 0 aliphatic carbocycles. The number of fused-ring (bicyclic) bond motifs is 1. The molecule has 0 atom stereocenters. The molecule has 146 valence electrons. The normalized spacial score (nSPS) is 12.0. The number of benzene rings is 2. The van der Waals surface area contributed by atoms with Crippen molar-refractivity contribution in [3.63, 3.8) is 0 Å². The Morgan fingerprint density at radius 1 is 1.00 bits per heavy atom. The van der Waals surface area contributed by atoms with E-state index in [4.69, 9.17) is 18.9 Å². The second-order valence-corrected chi connectivity index (χ2v) is 5.94. The van der Waals surface area contributed by atoms with Crippen molar-refractivity contribution in [3.8, 4) is 17.2 Å². The van der Waals surface area contributed by atoms with Crippen LogP contribution in [0.4, 0.5) is 5.69 Å². The van der Waals surface area contributed by atoms with E-state index in [1.807, 2.05) is 0 Å². The Balaban J connectivity index is 1.43. The molecule has 2 aromatic carbocycles. The van der Waals surface area contributed by atoms with Crippen molar-refractivity contribution in [1.82, 2.24) is 0 Å². The minimum absolute atomic E-state index is 0.108. The molecule has 0 fully saturated rings. The van der Waals surface area contributed by atoms with Gasteiger partial charge in [-0.2, -0.15) is 0 Å². The van der Waals surface area contributed by atoms with Crippen LogP contribution in [0, 0.1) is 0 Å². The molecule has 1 heterocycles. The van der Waals surface area contributed by atoms with Gasteiger partial charge in [-0.1, -0.05) is 12.1 Å². The molecule has 8 nitrogen and oxygen atoms in total. The highest BCUT2D eigenvalue weighted by atomic mass is 16.6. The highest BCUT2D eigenvalue weighted by Crippen LogP contribution is 2.32. The number of hydrogen-bond donors (Lipinski definition) is 1. The maximum absolute atomic E-state index is 11.9. The standard InChI is InChI=1S/C20H19NO7/c1-13(22)14-3-2-4-16(9-14)27-12-20(24)28-11-19(23)21-15-5-6-17-18(10-15)26-8-7-25-17/h2-6,9-10H,7-8,11-12H2,1H3,(H,21,23). The van der Waals surface area contributed by atoms with E-state index in [0.29, 0.717) is 41.7 Å². The molecular formula is C20H19NO7. The molecule has 1 N–H and O–H groups in total. The quantitative estimate of drug-likeness (QED) is 0.576. The first-order valence-corrected chi connectivity index (χ1v) is 8.60. The van der Waals surface area contributed by atoms with Crippen molar-refractivity contribution in [2.45, 2.75) is 6.92 Å². The van der Waals surface area contributed by atoms with E-state index in [1.54, 1.807) is 36.4 Å². The SMILES string of the molecule is CC(=O)c1cccc(OCC(=O)OCC(=O)Nc2ccc3c(c2)OCCO3)c1. The number of esters is 1. The summed E-state index contributed by atoms with van der Waals surface area (Å²) in [7, 11) is 0. The van der Waals surface area contributed by atoms with Gasteiger partial charge in [-0.05, 0) is 31.2 Å². The first-order valence-electron chi connectivity index (χ1n) is 8.60. The molecular weight excluding hydrogens is 366 g/mol. The second-order valence-electron chi connectivity index (χ2n) is 5.94. The Morgan fingerprint density at radius 2 is 1.79 bits per heavy atom. The smallest absolute Gasteiger partial charge is 0.344 e. The summed E-state index contributed by atoms with van der Waals surface area (Å²) in [6, 6.07) is 11.4. The average molecular weight is 385 g/mol. The van der Waals surface area contributed by atoms with Crippen LogP contribution < -0.4 is 19.5 Å². The van der Waals surface area contributed by atoms with Gasteiger partial charge in [-0.25, -0.2) is 4.79 Å². The van der Waals surface area contributed by atoms with Crippen molar-refractivity contribution in [2.75, 3.05) is 31.7 Å². The van der Waals surface area contributed by atoms with Gasteiger partial charge in [-0.15, -0.1) is 0 Å². The monoisotopic (exact) mass is 385 g/mol. The van der Waals surface area contributed by atoms with E-state index in [-0.39, 0.29) is 12.4 Å². The van der Waals surface area contributed by atoms with Gasteiger partial charge in [0.1, 0.15) is 19.0 Å². The zero-order valence-corrected chi connectivity index (χ0v) is 15.2. The van der Waals surface area contributed by atoms with Gasteiger partial charge in [0.05, 0.1) is 0 Å². The maximum atomic E-state index is 11.9. The lowest BCUT2D eigenvalue weighted by molar-refractivity contribution is -0.149. The fourth-order valence-corrected chi connectivity index (χ4v) is 2.45. The topological polar surface area (TPSA) is 100 Å². The van der Waals surface area contributed by atoms with Crippen molar-refractivity contribution in [1.29, 1.82) is 0 Å². The number of carbonyl (C=O) groups excluding carboxylic acids is 3. The maximum Gasteiger partial charge on any atom is 0.344 e. The summed E-state index contributed by atoms with van der Waals surface area (Å²) in [5, 5.41) is 2.61. The number of ether oxygens (including phenoxy) is 4. The molecule has 0 unspecified atom stereocenters. The number of hydrogen-bond acceptors (Lipinski definition) is 7. The molecule has 2 aromatic rings. The van der Waals surface area contributed by atoms with E-state index in [0.717, 1.165) is 0 Å². The number of carbonyl (C=O) groups is 3. The predicted molar refractivity (Wildman–Crippen MR) is 99.0 cm³/mol. The summed E-state index contributed by atoms with van der Waals surface area (Å²) in [5.74, 6) is 0.215. The lowest BCUT2D eigenvalue weighted by atomic mass is 10.1.